The minimum atomic E-state index is 0.402. The molecule has 2 heteroatoms. The molecule has 1 N–H and O–H groups in total. The van der Waals surface area contributed by atoms with Crippen LogP contribution in [0, 0.1) is 11.3 Å². The van der Waals surface area contributed by atoms with Gasteiger partial charge < -0.3 is 5.32 Å². The fourth-order valence-corrected chi connectivity index (χ4v) is 3.09. The molecule has 2 unspecified atom stereocenters. The van der Waals surface area contributed by atoms with Gasteiger partial charge in [-0.3, -0.25) is 0 Å². The maximum absolute atomic E-state index is 3.49. The van der Waals surface area contributed by atoms with Gasteiger partial charge >= 0.3 is 0 Å². The quantitative estimate of drug-likeness (QED) is 0.799. The van der Waals surface area contributed by atoms with E-state index in [-0.39, 0.29) is 0 Å². The largest absolute Gasteiger partial charge is 0.317 e. The first-order valence-corrected chi connectivity index (χ1v) is 7.93. The first-order chi connectivity index (χ1) is 8.36. The molecule has 0 spiro atoms. The van der Waals surface area contributed by atoms with Gasteiger partial charge in [-0.05, 0) is 49.8 Å². The van der Waals surface area contributed by atoms with E-state index in [0.717, 1.165) is 12.3 Å². The van der Waals surface area contributed by atoms with E-state index >= 15 is 0 Å². The Hall–Kier alpha value is -0.340. The first kappa shape index (κ1) is 15.7. The number of nitrogens with one attached hydrogen (secondary N) is 1. The molecule has 1 rings (SSSR count). The fraction of sp³-hybridized carbons (Fsp3) is 0.750. The summed E-state index contributed by atoms with van der Waals surface area (Å²) in [5.41, 5.74) is 0.402. The van der Waals surface area contributed by atoms with Gasteiger partial charge in [0.25, 0.3) is 0 Å². The number of rotatable bonds is 6. The van der Waals surface area contributed by atoms with Crippen LogP contribution in [0.1, 0.15) is 50.8 Å². The highest BCUT2D eigenvalue weighted by atomic mass is 32.1. The molecule has 0 aliphatic rings. The highest BCUT2D eigenvalue weighted by molar-refractivity contribution is 7.11. The van der Waals surface area contributed by atoms with Crippen molar-refractivity contribution in [1.29, 1.82) is 0 Å². The van der Waals surface area contributed by atoms with Gasteiger partial charge in [-0.1, -0.05) is 34.6 Å². The number of hydrogen-bond acceptors (Lipinski definition) is 2. The molecule has 0 saturated heterocycles. The zero-order valence-electron chi connectivity index (χ0n) is 12.8. The van der Waals surface area contributed by atoms with E-state index in [1.807, 2.05) is 11.3 Å². The van der Waals surface area contributed by atoms with Crippen LogP contribution < -0.4 is 5.32 Å². The van der Waals surface area contributed by atoms with E-state index in [9.17, 15) is 0 Å². The van der Waals surface area contributed by atoms with Crippen LogP contribution in [0.15, 0.2) is 12.1 Å². The molecule has 0 fully saturated rings. The van der Waals surface area contributed by atoms with Crippen LogP contribution in [0.2, 0.25) is 0 Å². The van der Waals surface area contributed by atoms with E-state index in [4.69, 9.17) is 0 Å². The molecule has 1 nitrogen and oxygen atoms in total. The second-order valence-electron chi connectivity index (χ2n) is 6.41. The van der Waals surface area contributed by atoms with E-state index in [0.29, 0.717) is 11.5 Å². The summed E-state index contributed by atoms with van der Waals surface area (Å²) in [6, 6.07) is 5.18. The Labute approximate surface area is 117 Å². The highest BCUT2D eigenvalue weighted by Crippen LogP contribution is 2.30. The standard InChI is InChI=1S/C16H29NS/c1-7-14-8-9-15(18-14)11-13(17-6)10-12(2)16(3,4)5/h8-9,12-13,17H,7,10-11H2,1-6H3. The lowest BCUT2D eigenvalue weighted by molar-refractivity contribution is 0.225. The lowest BCUT2D eigenvalue weighted by Crippen LogP contribution is -2.32. The SMILES string of the molecule is CCc1ccc(CC(CC(C)C(C)(C)C)NC)s1. The average molecular weight is 267 g/mol. The molecule has 1 aromatic rings. The lowest BCUT2D eigenvalue weighted by atomic mass is 9.78. The zero-order valence-corrected chi connectivity index (χ0v) is 13.7. The molecular formula is C16H29NS. The summed E-state index contributed by atoms with van der Waals surface area (Å²) in [7, 11) is 2.09. The van der Waals surface area contributed by atoms with Crippen molar-refractivity contribution in [1.82, 2.24) is 5.32 Å². The number of thiophene rings is 1. The van der Waals surface area contributed by atoms with Gasteiger partial charge in [0.1, 0.15) is 0 Å². The van der Waals surface area contributed by atoms with Crippen LogP contribution in [-0.2, 0) is 12.8 Å². The second kappa shape index (κ2) is 6.72. The van der Waals surface area contributed by atoms with Gasteiger partial charge in [0, 0.05) is 15.8 Å². The summed E-state index contributed by atoms with van der Waals surface area (Å²) < 4.78 is 0. The molecule has 2 atom stereocenters. The van der Waals surface area contributed by atoms with Crippen LogP contribution in [0.4, 0.5) is 0 Å². The number of hydrogen-bond donors (Lipinski definition) is 1. The molecule has 0 aromatic carbocycles. The molecule has 0 saturated carbocycles. The van der Waals surface area contributed by atoms with E-state index in [2.05, 4.69) is 59.1 Å². The van der Waals surface area contributed by atoms with Crippen molar-refractivity contribution in [2.75, 3.05) is 7.05 Å². The molecule has 104 valence electrons. The maximum atomic E-state index is 3.49. The average Bonchev–Trinajstić information content (AvgIpc) is 2.74. The van der Waals surface area contributed by atoms with E-state index < -0.39 is 0 Å². The monoisotopic (exact) mass is 267 g/mol. The van der Waals surface area contributed by atoms with Crippen molar-refractivity contribution in [3.63, 3.8) is 0 Å². The molecule has 0 bridgehead atoms. The molecule has 0 radical (unpaired) electrons. The second-order valence-corrected chi connectivity index (χ2v) is 7.67. The van der Waals surface area contributed by atoms with Gasteiger partial charge in [-0.15, -0.1) is 11.3 Å². The van der Waals surface area contributed by atoms with Gasteiger partial charge in [0.15, 0.2) is 0 Å². The van der Waals surface area contributed by atoms with Crippen LogP contribution >= 0.6 is 11.3 Å². The summed E-state index contributed by atoms with van der Waals surface area (Å²) in [5, 5.41) is 3.49. The van der Waals surface area contributed by atoms with Gasteiger partial charge in [-0.25, -0.2) is 0 Å². The molecule has 0 aliphatic carbocycles. The number of likely N-dealkylation sites (N-methyl/N-ethyl adjacent to an activating group) is 1. The minimum Gasteiger partial charge on any atom is -0.317 e. The fourth-order valence-electron chi connectivity index (χ4n) is 2.05. The lowest BCUT2D eigenvalue weighted by Gasteiger charge is -2.30. The molecule has 0 amide bonds. The smallest absolute Gasteiger partial charge is 0.0115 e. The third-order valence-corrected chi connectivity index (χ3v) is 5.29. The van der Waals surface area contributed by atoms with Crippen molar-refractivity contribution in [3.05, 3.63) is 21.9 Å². The Kier molecular flexibility index (Phi) is 5.87. The topological polar surface area (TPSA) is 12.0 Å². The van der Waals surface area contributed by atoms with Crippen molar-refractivity contribution in [2.24, 2.45) is 11.3 Å². The van der Waals surface area contributed by atoms with Crippen molar-refractivity contribution in [2.45, 2.75) is 59.9 Å². The Morgan fingerprint density at radius 1 is 1.22 bits per heavy atom. The molecule has 1 heterocycles. The Balaban J connectivity index is 2.56. The summed E-state index contributed by atoms with van der Waals surface area (Å²) in [6.45, 7) is 11.6. The van der Waals surface area contributed by atoms with Crippen LogP contribution in [0.3, 0.4) is 0 Å². The molecule has 0 aliphatic heterocycles. The molecule has 1 aromatic heterocycles. The third-order valence-electron chi connectivity index (χ3n) is 4.04. The Morgan fingerprint density at radius 2 is 1.83 bits per heavy atom. The maximum Gasteiger partial charge on any atom is 0.0115 e. The highest BCUT2D eigenvalue weighted by Gasteiger charge is 2.23. The third kappa shape index (κ3) is 4.74. The molecular weight excluding hydrogens is 238 g/mol. The Morgan fingerprint density at radius 3 is 2.28 bits per heavy atom. The normalized spacial score (nSPS) is 15.7. The van der Waals surface area contributed by atoms with Gasteiger partial charge in [0.2, 0.25) is 0 Å². The first-order valence-electron chi connectivity index (χ1n) is 7.11. The molecule has 18 heavy (non-hydrogen) atoms. The van der Waals surface area contributed by atoms with Crippen molar-refractivity contribution >= 4 is 11.3 Å². The summed E-state index contributed by atoms with van der Waals surface area (Å²) in [6.07, 6.45) is 3.58. The van der Waals surface area contributed by atoms with E-state index in [1.165, 1.54) is 22.6 Å². The summed E-state index contributed by atoms with van der Waals surface area (Å²) in [5.74, 6) is 0.737. The van der Waals surface area contributed by atoms with E-state index in [1.54, 1.807) is 0 Å². The Bertz CT molecular complexity index is 348. The predicted molar refractivity (Wildman–Crippen MR) is 83.5 cm³/mol. The predicted octanol–water partition coefficient (Wildman–Crippen LogP) is 4.51. The van der Waals surface area contributed by atoms with Gasteiger partial charge in [-0.2, -0.15) is 0 Å². The van der Waals surface area contributed by atoms with Crippen LogP contribution in [0.5, 0.6) is 0 Å². The summed E-state index contributed by atoms with van der Waals surface area (Å²) >= 11 is 1.97. The van der Waals surface area contributed by atoms with Crippen molar-refractivity contribution < 1.29 is 0 Å². The van der Waals surface area contributed by atoms with Crippen LogP contribution in [0.25, 0.3) is 0 Å². The van der Waals surface area contributed by atoms with Crippen LogP contribution in [-0.4, -0.2) is 13.1 Å². The van der Waals surface area contributed by atoms with Gasteiger partial charge in [0.05, 0.1) is 0 Å². The zero-order chi connectivity index (χ0) is 13.8. The van der Waals surface area contributed by atoms with Crippen molar-refractivity contribution in [3.8, 4) is 0 Å². The minimum absolute atomic E-state index is 0.402. The number of aryl methyl sites for hydroxylation is 1. The summed E-state index contributed by atoms with van der Waals surface area (Å²) in [4.78, 5) is 3.02.